The molecule has 27 heavy (non-hydrogen) atoms. The quantitative estimate of drug-likeness (QED) is 0.707. The van der Waals surface area contributed by atoms with Crippen LogP contribution in [0.4, 0.5) is 0 Å². The van der Waals surface area contributed by atoms with Crippen molar-refractivity contribution in [1.82, 2.24) is 23.7 Å². The fraction of sp³-hybridized carbons (Fsp3) is 0.562. The van der Waals surface area contributed by atoms with E-state index in [0.717, 1.165) is 4.88 Å². The molecule has 0 N–H and O–H groups in total. The molecule has 1 aliphatic rings. The van der Waals surface area contributed by atoms with Crippen molar-refractivity contribution in [3.63, 3.8) is 0 Å². The monoisotopic (exact) mass is 413 g/mol. The maximum Gasteiger partial charge on any atom is 0.281 e. The van der Waals surface area contributed by atoms with Crippen LogP contribution in [0.25, 0.3) is 10.7 Å². The molecular weight excluding hydrogens is 390 g/mol. The molecule has 3 heterocycles. The number of hydrogen-bond donors (Lipinski definition) is 0. The van der Waals surface area contributed by atoms with Crippen LogP contribution in [0.2, 0.25) is 0 Å². The number of amides is 1. The molecule has 1 unspecified atom stereocenters. The number of rotatable bonds is 6. The van der Waals surface area contributed by atoms with E-state index in [1.807, 2.05) is 17.5 Å². The zero-order valence-electron chi connectivity index (χ0n) is 15.5. The van der Waals surface area contributed by atoms with E-state index in [2.05, 4.69) is 10.1 Å². The van der Waals surface area contributed by atoms with Crippen molar-refractivity contribution in [3.05, 3.63) is 23.4 Å². The third-order valence-corrected chi connectivity index (χ3v) is 7.25. The summed E-state index contributed by atoms with van der Waals surface area (Å²) < 4.78 is 32.4. The van der Waals surface area contributed by atoms with E-state index in [1.54, 1.807) is 7.05 Å². The summed E-state index contributed by atoms with van der Waals surface area (Å²) in [5, 5.41) is 5.87. The summed E-state index contributed by atoms with van der Waals surface area (Å²) >= 11 is 1.51. The normalized spacial score (nSPS) is 18.7. The number of piperidine rings is 1. The number of thiophene rings is 1. The molecule has 11 heteroatoms. The Bertz CT molecular complexity index is 879. The lowest BCUT2D eigenvalue weighted by Crippen LogP contribution is -2.49. The molecule has 9 nitrogen and oxygen atoms in total. The molecule has 3 rings (SSSR count). The molecule has 0 saturated carbocycles. The lowest BCUT2D eigenvalue weighted by molar-refractivity contribution is -0.136. The van der Waals surface area contributed by atoms with Gasteiger partial charge in [-0.3, -0.25) is 4.79 Å². The third kappa shape index (κ3) is 4.37. The van der Waals surface area contributed by atoms with E-state index < -0.39 is 10.2 Å². The third-order valence-electron chi connectivity index (χ3n) is 4.48. The number of nitrogens with zero attached hydrogens (tertiary/aromatic N) is 5. The highest BCUT2D eigenvalue weighted by atomic mass is 32.2. The average Bonchev–Trinajstić information content (AvgIpc) is 3.32. The Morgan fingerprint density at radius 1 is 1.41 bits per heavy atom. The van der Waals surface area contributed by atoms with Gasteiger partial charge in [0.2, 0.25) is 17.6 Å². The van der Waals surface area contributed by atoms with Crippen LogP contribution in [-0.4, -0.2) is 72.2 Å². The summed E-state index contributed by atoms with van der Waals surface area (Å²) in [7, 11) is 1.13. The molecule has 148 valence electrons. The van der Waals surface area contributed by atoms with Gasteiger partial charge >= 0.3 is 0 Å². The Morgan fingerprint density at radius 3 is 2.85 bits per heavy atom. The molecule has 1 fully saturated rings. The van der Waals surface area contributed by atoms with Crippen LogP contribution in [0.3, 0.4) is 0 Å². The van der Waals surface area contributed by atoms with Crippen LogP contribution >= 0.6 is 11.3 Å². The van der Waals surface area contributed by atoms with Crippen LogP contribution in [-0.2, 0) is 21.5 Å². The highest BCUT2D eigenvalue weighted by molar-refractivity contribution is 7.86. The molecule has 0 bridgehead atoms. The Hall–Kier alpha value is -1.82. The summed E-state index contributed by atoms with van der Waals surface area (Å²) in [5.41, 5.74) is 0. The van der Waals surface area contributed by atoms with Gasteiger partial charge in [0.15, 0.2) is 0 Å². The van der Waals surface area contributed by atoms with Crippen LogP contribution in [0.5, 0.6) is 0 Å². The van der Waals surface area contributed by atoms with Gasteiger partial charge in [-0.2, -0.15) is 22.0 Å². The highest BCUT2D eigenvalue weighted by Crippen LogP contribution is 2.24. The van der Waals surface area contributed by atoms with Gasteiger partial charge in [-0.05, 0) is 24.3 Å². The van der Waals surface area contributed by atoms with Gasteiger partial charge < -0.3 is 9.42 Å². The van der Waals surface area contributed by atoms with Crippen LogP contribution in [0.15, 0.2) is 22.0 Å². The number of aromatic nitrogens is 2. The van der Waals surface area contributed by atoms with Gasteiger partial charge in [0.25, 0.3) is 10.2 Å². The molecule has 1 aliphatic heterocycles. The van der Waals surface area contributed by atoms with Crippen LogP contribution in [0.1, 0.15) is 18.7 Å². The fourth-order valence-electron chi connectivity index (χ4n) is 3.00. The Kier molecular flexibility index (Phi) is 5.94. The Morgan fingerprint density at radius 2 is 2.19 bits per heavy atom. The fourth-order valence-corrected chi connectivity index (χ4v) is 4.84. The molecule has 1 saturated heterocycles. The lowest BCUT2D eigenvalue weighted by Gasteiger charge is -2.34. The number of carbonyl (C=O) groups is 1. The predicted molar refractivity (Wildman–Crippen MR) is 101 cm³/mol. The second-order valence-electron chi connectivity index (χ2n) is 6.67. The SMILES string of the molecule is CN(Cc1nc(-c2cccs2)no1)C(=O)C1CCCN(S(=O)(=O)N(C)C)C1. The summed E-state index contributed by atoms with van der Waals surface area (Å²) in [5.74, 6) is 0.354. The minimum absolute atomic E-state index is 0.121. The largest absolute Gasteiger partial charge is 0.337 e. The van der Waals surface area contributed by atoms with Gasteiger partial charge in [-0.1, -0.05) is 11.2 Å². The van der Waals surface area contributed by atoms with Gasteiger partial charge in [-0.15, -0.1) is 11.3 Å². The first kappa shape index (κ1) is 19.9. The smallest absolute Gasteiger partial charge is 0.281 e. The second-order valence-corrected chi connectivity index (χ2v) is 9.76. The van der Waals surface area contributed by atoms with E-state index in [0.29, 0.717) is 31.1 Å². The first-order chi connectivity index (χ1) is 12.8. The minimum atomic E-state index is -3.52. The maximum atomic E-state index is 12.8. The zero-order valence-corrected chi connectivity index (χ0v) is 17.2. The topological polar surface area (TPSA) is 99.9 Å². The molecule has 2 aromatic heterocycles. The van der Waals surface area contributed by atoms with Crippen molar-refractivity contribution in [1.29, 1.82) is 0 Å². The minimum Gasteiger partial charge on any atom is -0.337 e. The molecule has 2 aromatic rings. The first-order valence-electron chi connectivity index (χ1n) is 8.58. The van der Waals surface area contributed by atoms with E-state index in [-0.39, 0.29) is 24.9 Å². The van der Waals surface area contributed by atoms with Crippen molar-refractivity contribution < 1.29 is 17.7 Å². The van der Waals surface area contributed by atoms with Gasteiger partial charge in [0, 0.05) is 34.2 Å². The van der Waals surface area contributed by atoms with Gasteiger partial charge in [0.1, 0.15) is 0 Å². The van der Waals surface area contributed by atoms with E-state index in [9.17, 15) is 13.2 Å². The molecule has 1 atom stereocenters. The number of carbonyl (C=O) groups excluding carboxylic acids is 1. The maximum absolute atomic E-state index is 12.8. The highest BCUT2D eigenvalue weighted by Gasteiger charge is 2.34. The van der Waals surface area contributed by atoms with Crippen molar-refractivity contribution in [2.24, 2.45) is 5.92 Å². The summed E-state index contributed by atoms with van der Waals surface area (Å²) in [6, 6.07) is 3.80. The molecule has 0 radical (unpaired) electrons. The van der Waals surface area contributed by atoms with Crippen LogP contribution < -0.4 is 0 Å². The Balaban J connectivity index is 1.63. The second kappa shape index (κ2) is 8.05. The van der Waals surface area contributed by atoms with Crippen LogP contribution in [0, 0.1) is 5.92 Å². The zero-order chi connectivity index (χ0) is 19.6. The molecular formula is C16H23N5O4S2. The first-order valence-corrected chi connectivity index (χ1v) is 10.9. The van der Waals surface area contributed by atoms with Crippen molar-refractivity contribution in [3.8, 4) is 10.7 Å². The van der Waals surface area contributed by atoms with Crippen molar-refractivity contribution in [2.75, 3.05) is 34.2 Å². The summed E-state index contributed by atoms with van der Waals surface area (Å²) in [6.45, 7) is 0.809. The molecule has 0 aliphatic carbocycles. The predicted octanol–water partition coefficient (Wildman–Crippen LogP) is 1.27. The van der Waals surface area contributed by atoms with Crippen molar-refractivity contribution in [2.45, 2.75) is 19.4 Å². The number of hydrogen-bond acceptors (Lipinski definition) is 7. The average molecular weight is 414 g/mol. The van der Waals surface area contributed by atoms with Gasteiger partial charge in [-0.25, -0.2) is 0 Å². The summed E-state index contributed by atoms with van der Waals surface area (Å²) in [6.07, 6.45) is 1.31. The van der Waals surface area contributed by atoms with Crippen molar-refractivity contribution >= 4 is 27.5 Å². The van der Waals surface area contributed by atoms with E-state index in [1.165, 1.54) is 38.9 Å². The molecule has 1 amide bonds. The van der Waals surface area contributed by atoms with Gasteiger partial charge in [0.05, 0.1) is 17.3 Å². The molecule has 0 aromatic carbocycles. The lowest BCUT2D eigenvalue weighted by atomic mass is 9.98. The van der Waals surface area contributed by atoms with E-state index >= 15 is 0 Å². The standard InChI is InChI=1S/C16H23N5O4S2/c1-19(2)27(23,24)21-8-4-6-12(10-21)16(22)20(3)11-14-17-15(18-25-14)13-7-5-9-26-13/h5,7,9,12H,4,6,8,10-11H2,1-3H3. The summed E-state index contributed by atoms with van der Waals surface area (Å²) in [4.78, 5) is 19.5. The molecule has 0 spiro atoms. The Labute approximate surface area is 162 Å². The van der Waals surface area contributed by atoms with E-state index in [4.69, 9.17) is 4.52 Å².